The monoisotopic (exact) mass is 270 g/mol. The third-order valence-electron chi connectivity index (χ3n) is 3.95. The van der Waals surface area contributed by atoms with Crippen molar-refractivity contribution < 1.29 is 14.3 Å². The first-order valence-electron chi connectivity index (χ1n) is 7.88. The predicted octanol–water partition coefficient (Wildman–Crippen LogP) is 3.81. The van der Waals surface area contributed by atoms with E-state index < -0.39 is 0 Å². The van der Waals surface area contributed by atoms with Crippen molar-refractivity contribution in [1.29, 1.82) is 0 Å². The van der Waals surface area contributed by atoms with Crippen LogP contribution in [-0.2, 0) is 14.3 Å². The molecule has 0 amide bonds. The van der Waals surface area contributed by atoms with E-state index in [0.29, 0.717) is 25.0 Å². The van der Waals surface area contributed by atoms with E-state index in [1.165, 1.54) is 12.8 Å². The molecule has 3 nitrogen and oxygen atoms in total. The highest BCUT2D eigenvalue weighted by Gasteiger charge is 2.38. The topological polar surface area (TPSA) is 35.5 Å². The van der Waals surface area contributed by atoms with Crippen LogP contribution in [-0.4, -0.2) is 25.3 Å². The molecule has 2 atom stereocenters. The fourth-order valence-electron chi connectivity index (χ4n) is 3.20. The van der Waals surface area contributed by atoms with Crippen molar-refractivity contribution in [3.05, 3.63) is 0 Å². The Morgan fingerprint density at radius 2 is 1.79 bits per heavy atom. The van der Waals surface area contributed by atoms with E-state index in [0.717, 1.165) is 19.3 Å². The summed E-state index contributed by atoms with van der Waals surface area (Å²) in [7, 11) is 0. The van der Waals surface area contributed by atoms with Gasteiger partial charge in [-0.25, -0.2) is 0 Å². The molecule has 0 aromatic carbocycles. The number of rotatable bonds is 8. The lowest BCUT2D eigenvalue weighted by Crippen LogP contribution is -2.38. The Labute approximate surface area is 118 Å². The summed E-state index contributed by atoms with van der Waals surface area (Å²) in [5.74, 6) is 0.877. The van der Waals surface area contributed by atoms with Crippen LogP contribution in [0.4, 0.5) is 0 Å². The summed E-state index contributed by atoms with van der Waals surface area (Å²) in [5, 5.41) is 0. The Hall–Kier alpha value is -0.570. The maximum atomic E-state index is 12.3. The fraction of sp³-hybridized carbons (Fsp3) is 0.938. The highest BCUT2D eigenvalue weighted by molar-refractivity contribution is 5.73. The SMILES string of the molecule is CCOC(=O)C(C1CCCC1)C(CC(C)C)OCC. The van der Waals surface area contributed by atoms with Crippen LogP contribution in [0.5, 0.6) is 0 Å². The molecule has 2 unspecified atom stereocenters. The molecular weight excluding hydrogens is 240 g/mol. The van der Waals surface area contributed by atoms with E-state index >= 15 is 0 Å². The molecule has 3 heteroatoms. The van der Waals surface area contributed by atoms with E-state index in [2.05, 4.69) is 13.8 Å². The van der Waals surface area contributed by atoms with Gasteiger partial charge in [0.25, 0.3) is 0 Å². The van der Waals surface area contributed by atoms with Gasteiger partial charge in [0.2, 0.25) is 0 Å². The van der Waals surface area contributed by atoms with Crippen molar-refractivity contribution >= 4 is 5.97 Å². The third kappa shape index (κ3) is 5.13. The standard InChI is InChI=1S/C16H30O3/c1-5-18-14(11-12(3)4)15(16(17)19-6-2)13-9-7-8-10-13/h12-15H,5-11H2,1-4H3. The van der Waals surface area contributed by atoms with Gasteiger partial charge < -0.3 is 9.47 Å². The second kappa shape index (κ2) is 8.57. The zero-order valence-electron chi connectivity index (χ0n) is 13.0. The molecule has 0 N–H and O–H groups in total. The summed E-state index contributed by atoms with van der Waals surface area (Å²) in [4.78, 5) is 12.3. The number of carbonyl (C=O) groups excluding carboxylic acids is 1. The quantitative estimate of drug-likeness (QED) is 0.629. The molecule has 112 valence electrons. The Bertz CT molecular complexity index is 257. The van der Waals surface area contributed by atoms with Gasteiger partial charge >= 0.3 is 5.97 Å². The Balaban J connectivity index is 2.80. The van der Waals surface area contributed by atoms with Gasteiger partial charge in [-0.15, -0.1) is 0 Å². The van der Waals surface area contributed by atoms with Crippen LogP contribution in [0.1, 0.15) is 59.8 Å². The third-order valence-corrected chi connectivity index (χ3v) is 3.95. The largest absolute Gasteiger partial charge is 0.466 e. The molecule has 0 heterocycles. The molecule has 0 aliphatic heterocycles. The maximum Gasteiger partial charge on any atom is 0.311 e. The molecule has 1 aliphatic carbocycles. The van der Waals surface area contributed by atoms with Crippen molar-refractivity contribution in [2.45, 2.75) is 65.9 Å². The summed E-state index contributed by atoms with van der Waals surface area (Å²) in [6.07, 6.45) is 5.72. The molecule has 1 rings (SSSR count). The van der Waals surface area contributed by atoms with Gasteiger partial charge in [0.1, 0.15) is 0 Å². The predicted molar refractivity (Wildman–Crippen MR) is 77.0 cm³/mol. The highest BCUT2D eigenvalue weighted by Crippen LogP contribution is 2.36. The maximum absolute atomic E-state index is 12.3. The van der Waals surface area contributed by atoms with Crippen LogP contribution in [0.25, 0.3) is 0 Å². The van der Waals surface area contributed by atoms with E-state index in [4.69, 9.17) is 9.47 Å². The van der Waals surface area contributed by atoms with E-state index in [-0.39, 0.29) is 18.0 Å². The molecule has 0 radical (unpaired) electrons. The lowest BCUT2D eigenvalue weighted by Gasteiger charge is -2.30. The van der Waals surface area contributed by atoms with Crippen LogP contribution in [0.2, 0.25) is 0 Å². The Kier molecular flexibility index (Phi) is 7.44. The van der Waals surface area contributed by atoms with Gasteiger partial charge in [-0.2, -0.15) is 0 Å². The number of hydrogen-bond acceptors (Lipinski definition) is 3. The first-order valence-corrected chi connectivity index (χ1v) is 7.88. The molecule has 1 saturated carbocycles. The normalized spacial score (nSPS) is 19.6. The second-order valence-corrected chi connectivity index (χ2v) is 5.95. The lowest BCUT2D eigenvalue weighted by molar-refractivity contribution is -0.157. The molecule has 19 heavy (non-hydrogen) atoms. The van der Waals surface area contributed by atoms with Crippen molar-refractivity contribution in [1.82, 2.24) is 0 Å². The summed E-state index contributed by atoms with van der Waals surface area (Å²) in [6, 6.07) is 0. The van der Waals surface area contributed by atoms with Crippen molar-refractivity contribution in [3.8, 4) is 0 Å². The van der Waals surface area contributed by atoms with Crippen LogP contribution >= 0.6 is 0 Å². The van der Waals surface area contributed by atoms with Crippen LogP contribution < -0.4 is 0 Å². The van der Waals surface area contributed by atoms with Gasteiger partial charge in [-0.3, -0.25) is 4.79 Å². The second-order valence-electron chi connectivity index (χ2n) is 5.95. The molecule has 0 spiro atoms. The lowest BCUT2D eigenvalue weighted by atomic mass is 9.83. The highest BCUT2D eigenvalue weighted by atomic mass is 16.5. The van der Waals surface area contributed by atoms with Crippen molar-refractivity contribution in [2.24, 2.45) is 17.8 Å². The van der Waals surface area contributed by atoms with Gasteiger partial charge in [0.15, 0.2) is 0 Å². The minimum atomic E-state index is -0.0650. The van der Waals surface area contributed by atoms with Gasteiger partial charge in [-0.05, 0) is 44.9 Å². The van der Waals surface area contributed by atoms with Crippen molar-refractivity contribution in [2.75, 3.05) is 13.2 Å². The van der Waals surface area contributed by atoms with Crippen LogP contribution in [0, 0.1) is 17.8 Å². The van der Waals surface area contributed by atoms with Gasteiger partial charge in [0, 0.05) is 6.61 Å². The average molecular weight is 270 g/mol. The summed E-state index contributed by atoms with van der Waals surface area (Å²) in [5.41, 5.74) is 0. The first-order chi connectivity index (χ1) is 9.10. The van der Waals surface area contributed by atoms with Gasteiger partial charge in [-0.1, -0.05) is 26.7 Å². The summed E-state index contributed by atoms with van der Waals surface area (Å²) in [6.45, 7) is 9.38. The van der Waals surface area contributed by atoms with E-state index in [1.807, 2.05) is 13.8 Å². The number of ether oxygens (including phenoxy) is 2. The molecule has 0 aromatic rings. The summed E-state index contributed by atoms with van der Waals surface area (Å²) < 4.78 is 11.2. The molecule has 0 aromatic heterocycles. The minimum absolute atomic E-state index is 0.0205. The molecule has 1 fully saturated rings. The zero-order chi connectivity index (χ0) is 14.3. The van der Waals surface area contributed by atoms with Gasteiger partial charge in [0.05, 0.1) is 18.6 Å². The molecular formula is C16H30O3. The zero-order valence-corrected chi connectivity index (χ0v) is 13.0. The Morgan fingerprint density at radius 1 is 1.16 bits per heavy atom. The summed E-state index contributed by atoms with van der Waals surface area (Å²) >= 11 is 0. The van der Waals surface area contributed by atoms with E-state index in [1.54, 1.807) is 0 Å². The van der Waals surface area contributed by atoms with Crippen LogP contribution in [0.3, 0.4) is 0 Å². The van der Waals surface area contributed by atoms with E-state index in [9.17, 15) is 4.79 Å². The first kappa shape index (κ1) is 16.5. The molecule has 1 aliphatic rings. The number of carbonyl (C=O) groups is 1. The van der Waals surface area contributed by atoms with Crippen molar-refractivity contribution in [3.63, 3.8) is 0 Å². The molecule has 0 bridgehead atoms. The number of esters is 1. The fourth-order valence-corrected chi connectivity index (χ4v) is 3.20. The minimum Gasteiger partial charge on any atom is -0.466 e. The molecule has 0 saturated heterocycles. The van der Waals surface area contributed by atoms with Crippen LogP contribution in [0.15, 0.2) is 0 Å². The average Bonchev–Trinajstić information content (AvgIpc) is 2.82. The smallest absolute Gasteiger partial charge is 0.311 e. The number of hydrogen-bond donors (Lipinski definition) is 0. The Morgan fingerprint density at radius 3 is 2.26 bits per heavy atom.